The van der Waals surface area contributed by atoms with Crippen LogP contribution < -0.4 is 10.2 Å². The molecule has 1 aliphatic heterocycles. The van der Waals surface area contributed by atoms with Crippen LogP contribution in [0.2, 0.25) is 0 Å². The minimum absolute atomic E-state index is 0.174. The van der Waals surface area contributed by atoms with Gasteiger partial charge in [0.25, 0.3) is 0 Å². The summed E-state index contributed by atoms with van der Waals surface area (Å²) in [7, 11) is 0. The number of fused-ring (bicyclic) bond motifs is 1. The fourth-order valence-electron chi connectivity index (χ4n) is 2.95. The van der Waals surface area contributed by atoms with E-state index in [9.17, 15) is 4.79 Å². The fourth-order valence-corrected chi connectivity index (χ4v) is 3.38. The molecule has 0 saturated carbocycles. The highest BCUT2D eigenvalue weighted by Crippen LogP contribution is 2.28. The number of rotatable bonds is 6. The third-order valence-electron chi connectivity index (χ3n) is 4.28. The van der Waals surface area contributed by atoms with Crippen LogP contribution in [0.15, 0.2) is 11.4 Å². The molecule has 0 aromatic carbocycles. The quantitative estimate of drug-likeness (QED) is 0.469. The van der Waals surface area contributed by atoms with Crippen molar-refractivity contribution in [2.24, 2.45) is 0 Å². The molecule has 2 aromatic rings. The molecule has 3 rings (SSSR count). The Morgan fingerprint density at radius 1 is 1.36 bits per heavy atom. The molecule has 1 amide bonds. The zero-order chi connectivity index (χ0) is 17.8. The minimum atomic E-state index is -0.537. The van der Waals surface area contributed by atoms with E-state index in [-0.39, 0.29) is 5.91 Å². The van der Waals surface area contributed by atoms with E-state index in [1.54, 1.807) is 6.92 Å². The lowest BCUT2D eigenvalue weighted by molar-refractivity contribution is -0.120. The van der Waals surface area contributed by atoms with Gasteiger partial charge in [-0.2, -0.15) is 5.10 Å². The number of nitrogens with zero attached hydrogens (tertiary/aromatic N) is 5. The van der Waals surface area contributed by atoms with Crippen LogP contribution in [0.1, 0.15) is 26.2 Å². The number of halogens is 1. The molecule has 25 heavy (non-hydrogen) atoms. The van der Waals surface area contributed by atoms with Crippen LogP contribution in [0, 0.1) is 0 Å². The van der Waals surface area contributed by atoms with Crippen LogP contribution in [0.25, 0.3) is 11.0 Å². The molecule has 2 aromatic heterocycles. The Kier molecular flexibility index (Phi) is 6.01. The lowest BCUT2D eigenvalue weighted by Crippen LogP contribution is -2.32. The minimum Gasteiger partial charge on any atom is -0.356 e. The van der Waals surface area contributed by atoms with Crippen LogP contribution in [0.3, 0.4) is 0 Å². The van der Waals surface area contributed by atoms with Crippen molar-refractivity contribution < 1.29 is 4.79 Å². The zero-order valence-electron chi connectivity index (χ0n) is 14.5. The number of thioether (sulfide) groups is 1. The number of hydrogen-bond donors (Lipinski definition) is 1. The third-order valence-corrected chi connectivity index (χ3v) is 5.02. The molecule has 1 saturated heterocycles. The molecule has 0 bridgehead atoms. The highest BCUT2D eigenvalue weighted by Gasteiger charge is 2.19. The molecule has 136 valence electrons. The van der Waals surface area contributed by atoms with E-state index in [2.05, 4.69) is 20.3 Å². The van der Waals surface area contributed by atoms with Gasteiger partial charge in [0, 0.05) is 19.6 Å². The van der Waals surface area contributed by atoms with Crippen LogP contribution in [-0.4, -0.2) is 56.9 Å². The van der Waals surface area contributed by atoms with Crippen LogP contribution in [0.4, 0.5) is 5.82 Å². The number of piperidine rings is 1. The van der Waals surface area contributed by atoms with Gasteiger partial charge in [-0.15, -0.1) is 11.6 Å². The zero-order valence-corrected chi connectivity index (χ0v) is 16.1. The Hall–Kier alpha value is -1.54. The molecular weight excluding hydrogens is 360 g/mol. The normalized spacial score (nSPS) is 16.2. The Bertz CT molecular complexity index is 744. The molecule has 1 aliphatic rings. The summed E-state index contributed by atoms with van der Waals surface area (Å²) in [5, 5.41) is 8.44. The smallest absolute Gasteiger partial charge is 0.237 e. The number of carbonyl (C=O) groups excluding carboxylic acids is 1. The predicted molar refractivity (Wildman–Crippen MR) is 101 cm³/mol. The first kappa shape index (κ1) is 18.3. The average Bonchev–Trinajstić information content (AvgIpc) is 3.04. The number of aromatic nitrogens is 4. The molecule has 1 fully saturated rings. The summed E-state index contributed by atoms with van der Waals surface area (Å²) in [6, 6.07) is 0. The number of anilines is 1. The van der Waals surface area contributed by atoms with Crippen molar-refractivity contribution in [2.45, 2.75) is 43.3 Å². The monoisotopic (exact) mass is 382 g/mol. The van der Waals surface area contributed by atoms with Gasteiger partial charge >= 0.3 is 0 Å². The van der Waals surface area contributed by atoms with Crippen molar-refractivity contribution in [1.29, 1.82) is 0 Å². The number of hydrogen-bond acceptors (Lipinski definition) is 6. The summed E-state index contributed by atoms with van der Waals surface area (Å²) < 4.78 is 1.82. The van der Waals surface area contributed by atoms with E-state index in [4.69, 9.17) is 16.6 Å². The summed E-state index contributed by atoms with van der Waals surface area (Å²) in [5.74, 6) is 0.797. The van der Waals surface area contributed by atoms with Crippen LogP contribution >= 0.6 is 23.4 Å². The van der Waals surface area contributed by atoms with Crippen molar-refractivity contribution in [3.63, 3.8) is 0 Å². The van der Waals surface area contributed by atoms with Gasteiger partial charge in [0.1, 0.15) is 11.2 Å². The Balaban J connectivity index is 1.84. The Labute approximate surface area is 156 Å². The lowest BCUT2D eigenvalue weighted by atomic mass is 10.1. The van der Waals surface area contributed by atoms with E-state index in [1.807, 2.05) is 17.1 Å². The number of amides is 1. The van der Waals surface area contributed by atoms with Crippen LogP contribution in [-0.2, 0) is 11.3 Å². The molecule has 7 nitrogen and oxygen atoms in total. The van der Waals surface area contributed by atoms with Crippen molar-refractivity contribution in [3.05, 3.63) is 6.20 Å². The van der Waals surface area contributed by atoms with Gasteiger partial charge in [-0.05, 0) is 32.4 Å². The van der Waals surface area contributed by atoms with E-state index >= 15 is 0 Å². The van der Waals surface area contributed by atoms with Gasteiger partial charge in [0.2, 0.25) is 5.91 Å². The summed E-state index contributed by atoms with van der Waals surface area (Å²) in [6.07, 6.45) is 7.46. The highest BCUT2D eigenvalue weighted by atomic mass is 35.5. The summed E-state index contributed by atoms with van der Waals surface area (Å²) >= 11 is 7.30. The number of nitrogens with one attached hydrogen (secondary N) is 1. The SMILES string of the molecule is CSc1nc(N2CCCCC2)c2cnn(CCNC(=O)C(C)Cl)c2n1. The van der Waals surface area contributed by atoms with E-state index in [0.717, 1.165) is 35.1 Å². The van der Waals surface area contributed by atoms with Gasteiger partial charge in [-0.1, -0.05) is 11.8 Å². The van der Waals surface area contributed by atoms with Crippen molar-refractivity contribution in [3.8, 4) is 0 Å². The molecular formula is C16H23ClN6OS. The standard InChI is InChI=1S/C16H23ClN6OS/c1-11(17)15(24)18-6-9-23-14-12(10-19-23)13(20-16(21-14)25-2)22-7-4-3-5-8-22/h10-11H,3-9H2,1-2H3,(H,18,24). The first-order valence-electron chi connectivity index (χ1n) is 8.54. The largest absolute Gasteiger partial charge is 0.356 e. The Morgan fingerprint density at radius 2 is 2.12 bits per heavy atom. The van der Waals surface area contributed by atoms with E-state index in [0.29, 0.717) is 13.1 Å². The first-order valence-corrected chi connectivity index (χ1v) is 10.2. The maximum absolute atomic E-state index is 11.6. The summed E-state index contributed by atoms with van der Waals surface area (Å²) in [5.41, 5.74) is 0.813. The van der Waals surface area contributed by atoms with Crippen LogP contribution in [0.5, 0.6) is 0 Å². The number of alkyl halides is 1. The van der Waals surface area contributed by atoms with Crippen molar-refractivity contribution >= 4 is 46.1 Å². The third kappa shape index (κ3) is 4.17. The lowest BCUT2D eigenvalue weighted by Gasteiger charge is -2.28. The second-order valence-electron chi connectivity index (χ2n) is 6.09. The van der Waals surface area contributed by atoms with Gasteiger partial charge in [-0.3, -0.25) is 4.79 Å². The van der Waals surface area contributed by atoms with Gasteiger partial charge in [-0.25, -0.2) is 14.6 Å². The van der Waals surface area contributed by atoms with Crippen molar-refractivity contribution in [2.75, 3.05) is 30.8 Å². The molecule has 0 spiro atoms. The van der Waals surface area contributed by atoms with Gasteiger partial charge in [0.05, 0.1) is 18.1 Å². The maximum atomic E-state index is 11.6. The predicted octanol–water partition coefficient (Wildman–Crippen LogP) is 2.28. The number of carbonyl (C=O) groups is 1. The van der Waals surface area contributed by atoms with Gasteiger partial charge in [0.15, 0.2) is 10.8 Å². The molecule has 1 unspecified atom stereocenters. The molecule has 0 radical (unpaired) electrons. The topological polar surface area (TPSA) is 75.9 Å². The summed E-state index contributed by atoms with van der Waals surface area (Å²) in [4.78, 5) is 23.3. The van der Waals surface area contributed by atoms with Gasteiger partial charge < -0.3 is 10.2 Å². The second kappa shape index (κ2) is 8.23. The first-order chi connectivity index (χ1) is 12.1. The van der Waals surface area contributed by atoms with E-state index in [1.165, 1.54) is 31.0 Å². The van der Waals surface area contributed by atoms with Crippen molar-refractivity contribution in [1.82, 2.24) is 25.1 Å². The Morgan fingerprint density at radius 3 is 2.80 bits per heavy atom. The average molecular weight is 383 g/mol. The molecule has 1 N–H and O–H groups in total. The second-order valence-corrected chi connectivity index (χ2v) is 7.52. The fraction of sp³-hybridized carbons (Fsp3) is 0.625. The highest BCUT2D eigenvalue weighted by molar-refractivity contribution is 7.98. The molecule has 0 aliphatic carbocycles. The molecule has 9 heteroatoms. The molecule has 3 heterocycles. The maximum Gasteiger partial charge on any atom is 0.237 e. The summed E-state index contributed by atoms with van der Waals surface area (Å²) in [6.45, 7) is 4.71. The molecule has 1 atom stereocenters. The van der Waals surface area contributed by atoms with E-state index < -0.39 is 5.38 Å².